The van der Waals surface area contributed by atoms with Gasteiger partial charge in [0.05, 0.1) is 7.11 Å². The monoisotopic (exact) mass is 144 g/mol. The van der Waals surface area contributed by atoms with Crippen molar-refractivity contribution in [3.8, 4) is 0 Å². The third kappa shape index (κ3) is 1.90. The second-order valence-corrected chi connectivity index (χ2v) is 2.61. The van der Waals surface area contributed by atoms with E-state index in [2.05, 4.69) is 4.74 Å². The molecule has 0 aromatic carbocycles. The predicted molar refractivity (Wildman–Crippen MR) is 35.7 cm³/mol. The molecule has 0 aliphatic heterocycles. The molecule has 58 valence electrons. The average Bonchev–Trinajstić information content (AvgIpc) is 2.68. The number of rotatable bonds is 2. The normalized spacial score (nSPS) is 19.8. The van der Waals surface area contributed by atoms with Gasteiger partial charge in [0.2, 0.25) is 0 Å². The van der Waals surface area contributed by atoms with Crippen LogP contribution in [0, 0.1) is 5.92 Å². The lowest BCUT2D eigenvalue weighted by Gasteiger charge is -2.09. The van der Waals surface area contributed by atoms with Gasteiger partial charge in [-0.1, -0.05) is 0 Å². The van der Waals surface area contributed by atoms with Crippen molar-refractivity contribution in [3.63, 3.8) is 0 Å². The van der Waals surface area contributed by atoms with Crippen LogP contribution in [-0.2, 0) is 9.47 Å². The van der Waals surface area contributed by atoms with Crippen LogP contribution >= 0.6 is 0 Å². The molecular formula is C7H12O3. The van der Waals surface area contributed by atoms with Crippen molar-refractivity contribution in [1.29, 1.82) is 0 Å². The average molecular weight is 144 g/mol. The Bertz CT molecular complexity index is 129. The van der Waals surface area contributed by atoms with E-state index in [0.29, 0.717) is 5.92 Å². The van der Waals surface area contributed by atoms with E-state index in [-0.39, 0.29) is 6.10 Å². The van der Waals surface area contributed by atoms with Crippen LogP contribution in [0.2, 0.25) is 0 Å². The highest BCUT2D eigenvalue weighted by atomic mass is 16.7. The van der Waals surface area contributed by atoms with E-state index in [4.69, 9.17) is 4.74 Å². The molecule has 0 amide bonds. The van der Waals surface area contributed by atoms with E-state index in [1.54, 1.807) is 0 Å². The van der Waals surface area contributed by atoms with Crippen molar-refractivity contribution in [2.24, 2.45) is 5.92 Å². The fourth-order valence-corrected chi connectivity index (χ4v) is 0.862. The maximum atomic E-state index is 10.5. The third-order valence-electron chi connectivity index (χ3n) is 1.73. The van der Waals surface area contributed by atoms with Gasteiger partial charge in [-0.05, 0) is 25.7 Å². The zero-order valence-corrected chi connectivity index (χ0v) is 6.29. The number of methoxy groups -OCH3 is 1. The maximum absolute atomic E-state index is 10.5. The standard InChI is InChI=1S/C7H12O3/c1-5(6-3-4-6)10-7(8)9-2/h5-6H,3-4H2,1-2H3. The second kappa shape index (κ2) is 2.90. The van der Waals surface area contributed by atoms with Crippen molar-refractivity contribution < 1.29 is 14.3 Å². The van der Waals surface area contributed by atoms with Crippen molar-refractivity contribution in [3.05, 3.63) is 0 Å². The van der Waals surface area contributed by atoms with Gasteiger partial charge in [0.1, 0.15) is 6.10 Å². The maximum Gasteiger partial charge on any atom is 0.508 e. The number of hydrogen-bond donors (Lipinski definition) is 0. The van der Waals surface area contributed by atoms with Gasteiger partial charge in [-0.3, -0.25) is 0 Å². The zero-order valence-electron chi connectivity index (χ0n) is 6.29. The molecule has 10 heavy (non-hydrogen) atoms. The summed E-state index contributed by atoms with van der Waals surface area (Å²) in [4.78, 5) is 10.5. The topological polar surface area (TPSA) is 35.5 Å². The summed E-state index contributed by atoms with van der Waals surface area (Å²) in [6.07, 6.45) is 1.82. The molecule has 0 heterocycles. The highest BCUT2D eigenvalue weighted by molar-refractivity contribution is 5.59. The Labute approximate surface area is 60.3 Å². The lowest BCUT2D eigenvalue weighted by atomic mass is 10.3. The first-order valence-corrected chi connectivity index (χ1v) is 3.48. The van der Waals surface area contributed by atoms with E-state index in [9.17, 15) is 4.79 Å². The largest absolute Gasteiger partial charge is 0.508 e. The van der Waals surface area contributed by atoms with Crippen LogP contribution in [0.3, 0.4) is 0 Å². The fourth-order valence-electron chi connectivity index (χ4n) is 0.862. The third-order valence-corrected chi connectivity index (χ3v) is 1.73. The summed E-state index contributed by atoms with van der Waals surface area (Å²) in [7, 11) is 1.32. The Morgan fingerprint density at radius 1 is 1.60 bits per heavy atom. The Hall–Kier alpha value is -0.730. The Morgan fingerprint density at radius 3 is 2.60 bits per heavy atom. The molecule has 0 bridgehead atoms. The van der Waals surface area contributed by atoms with Gasteiger partial charge in [-0.15, -0.1) is 0 Å². The lowest BCUT2D eigenvalue weighted by molar-refractivity contribution is 0.0358. The number of hydrogen-bond acceptors (Lipinski definition) is 3. The number of carbonyl (C=O) groups excluding carboxylic acids is 1. The summed E-state index contributed by atoms with van der Waals surface area (Å²) in [5.41, 5.74) is 0. The summed E-state index contributed by atoms with van der Waals surface area (Å²) >= 11 is 0. The molecule has 1 aliphatic carbocycles. The van der Waals surface area contributed by atoms with E-state index in [1.807, 2.05) is 6.92 Å². The number of carbonyl (C=O) groups is 1. The van der Waals surface area contributed by atoms with Gasteiger partial charge in [-0.25, -0.2) is 4.79 Å². The Kier molecular flexibility index (Phi) is 2.14. The molecule has 1 rings (SSSR count). The van der Waals surface area contributed by atoms with Crippen LogP contribution in [0.4, 0.5) is 4.79 Å². The second-order valence-electron chi connectivity index (χ2n) is 2.61. The van der Waals surface area contributed by atoms with Crippen LogP contribution in [-0.4, -0.2) is 19.4 Å². The molecule has 0 saturated heterocycles. The van der Waals surface area contributed by atoms with Gasteiger partial charge in [0.15, 0.2) is 0 Å². The molecule has 1 aliphatic rings. The van der Waals surface area contributed by atoms with Crippen LogP contribution < -0.4 is 0 Å². The van der Waals surface area contributed by atoms with E-state index >= 15 is 0 Å². The summed E-state index contributed by atoms with van der Waals surface area (Å²) in [6.45, 7) is 1.90. The van der Waals surface area contributed by atoms with Crippen molar-refractivity contribution in [2.75, 3.05) is 7.11 Å². The van der Waals surface area contributed by atoms with Gasteiger partial charge in [0.25, 0.3) is 0 Å². The molecule has 0 aromatic heterocycles. The highest BCUT2D eigenvalue weighted by Crippen LogP contribution is 2.33. The van der Waals surface area contributed by atoms with E-state index in [0.717, 1.165) is 0 Å². The van der Waals surface area contributed by atoms with Crippen molar-refractivity contribution in [2.45, 2.75) is 25.9 Å². The molecule has 0 aromatic rings. The van der Waals surface area contributed by atoms with Crippen LogP contribution in [0.15, 0.2) is 0 Å². The SMILES string of the molecule is COC(=O)OC(C)C1CC1. The quantitative estimate of drug-likeness (QED) is 0.552. The Balaban J connectivity index is 2.16. The van der Waals surface area contributed by atoms with Gasteiger partial charge >= 0.3 is 6.16 Å². The molecule has 1 unspecified atom stereocenters. The first-order valence-electron chi connectivity index (χ1n) is 3.48. The molecule has 0 radical (unpaired) electrons. The van der Waals surface area contributed by atoms with Gasteiger partial charge in [-0.2, -0.15) is 0 Å². The minimum absolute atomic E-state index is 0.0347. The fraction of sp³-hybridized carbons (Fsp3) is 0.857. The number of ether oxygens (including phenoxy) is 2. The summed E-state index contributed by atoms with van der Waals surface area (Å²) in [6, 6.07) is 0. The molecule has 0 N–H and O–H groups in total. The molecule has 3 heteroatoms. The van der Waals surface area contributed by atoms with E-state index < -0.39 is 6.16 Å². The summed E-state index contributed by atoms with van der Waals surface area (Å²) in [5, 5.41) is 0. The molecule has 1 atom stereocenters. The molecule has 1 fully saturated rings. The van der Waals surface area contributed by atoms with Gasteiger partial charge < -0.3 is 9.47 Å². The first-order chi connectivity index (χ1) is 4.74. The Morgan fingerprint density at radius 2 is 2.20 bits per heavy atom. The first kappa shape index (κ1) is 7.38. The molecule has 1 saturated carbocycles. The lowest BCUT2D eigenvalue weighted by Crippen LogP contribution is -2.16. The van der Waals surface area contributed by atoms with Gasteiger partial charge in [0, 0.05) is 0 Å². The van der Waals surface area contributed by atoms with Crippen LogP contribution in [0.5, 0.6) is 0 Å². The predicted octanol–water partition coefficient (Wildman–Crippen LogP) is 1.57. The van der Waals surface area contributed by atoms with Crippen molar-refractivity contribution in [1.82, 2.24) is 0 Å². The summed E-state index contributed by atoms with van der Waals surface area (Å²) < 4.78 is 9.20. The zero-order chi connectivity index (χ0) is 7.56. The van der Waals surface area contributed by atoms with E-state index in [1.165, 1.54) is 20.0 Å². The van der Waals surface area contributed by atoms with Crippen molar-refractivity contribution >= 4 is 6.16 Å². The molecule has 3 nitrogen and oxygen atoms in total. The highest BCUT2D eigenvalue weighted by Gasteiger charge is 2.30. The van der Waals surface area contributed by atoms with Crippen LogP contribution in [0.25, 0.3) is 0 Å². The molecule has 0 spiro atoms. The van der Waals surface area contributed by atoms with Crippen LogP contribution in [0.1, 0.15) is 19.8 Å². The minimum Gasteiger partial charge on any atom is -0.438 e. The molecular weight excluding hydrogens is 132 g/mol. The summed E-state index contributed by atoms with van der Waals surface area (Å²) in [5.74, 6) is 0.582. The smallest absolute Gasteiger partial charge is 0.438 e. The minimum atomic E-state index is -0.570.